The van der Waals surface area contributed by atoms with Gasteiger partial charge in [0.25, 0.3) is 0 Å². The summed E-state index contributed by atoms with van der Waals surface area (Å²) in [6.07, 6.45) is -1.05. The summed E-state index contributed by atoms with van der Waals surface area (Å²) in [4.78, 5) is 2.33. The van der Waals surface area contributed by atoms with Gasteiger partial charge in [-0.2, -0.15) is 0 Å². The highest BCUT2D eigenvalue weighted by molar-refractivity contribution is 9.10. The van der Waals surface area contributed by atoms with Crippen molar-refractivity contribution < 1.29 is 27.2 Å². The summed E-state index contributed by atoms with van der Waals surface area (Å²) in [5.74, 6) is 0.661. The second kappa shape index (κ2) is 9.62. The van der Waals surface area contributed by atoms with Crippen LogP contribution in [0.2, 0.25) is 0 Å². The number of nitrogens with zero attached hydrogens (tertiary/aromatic N) is 2. The van der Waals surface area contributed by atoms with Crippen LogP contribution in [0.5, 0.6) is 5.75 Å². The van der Waals surface area contributed by atoms with Gasteiger partial charge >= 0.3 is 6.36 Å². The van der Waals surface area contributed by atoms with E-state index in [1.165, 1.54) is 17.8 Å². The Morgan fingerprint density at radius 2 is 1.71 bits per heavy atom. The quantitative estimate of drug-likeness (QED) is 0.323. The van der Waals surface area contributed by atoms with Crippen molar-refractivity contribution >= 4 is 21.6 Å². The molecule has 3 aromatic rings. The topological polar surface area (TPSA) is 47.7 Å². The average molecular weight is 537 g/mol. The van der Waals surface area contributed by atoms with Gasteiger partial charge in [-0.15, -0.1) is 13.2 Å². The van der Waals surface area contributed by atoms with E-state index >= 15 is 0 Å². The highest BCUT2D eigenvalue weighted by atomic mass is 79.9. The molecule has 0 N–H and O–H groups in total. The molecule has 2 aromatic carbocycles. The van der Waals surface area contributed by atoms with Gasteiger partial charge in [-0.25, -0.2) is 0 Å². The van der Waals surface area contributed by atoms with Crippen LogP contribution in [0, 0.1) is 0 Å². The van der Waals surface area contributed by atoms with Crippen molar-refractivity contribution in [1.29, 1.82) is 0 Å². The lowest BCUT2D eigenvalue weighted by molar-refractivity contribution is -0.274. The Kier molecular flexibility index (Phi) is 6.57. The average Bonchev–Trinajstić information content (AvgIpc) is 3.57. The Labute approximate surface area is 203 Å². The molecule has 1 aromatic heterocycles. The van der Waals surface area contributed by atoms with E-state index in [2.05, 4.69) is 42.9 Å². The molecule has 2 heterocycles. The minimum Gasteiger partial charge on any atom is -0.405 e. The van der Waals surface area contributed by atoms with Gasteiger partial charge in [-0.3, -0.25) is 0 Å². The molecule has 5 rings (SSSR count). The number of alkyl halides is 3. The molecule has 0 atom stereocenters. The van der Waals surface area contributed by atoms with Crippen molar-refractivity contribution in [2.75, 3.05) is 18.0 Å². The normalized spacial score (nSPS) is 17.2. The number of piperidine rings is 1. The van der Waals surface area contributed by atoms with E-state index < -0.39 is 6.36 Å². The van der Waals surface area contributed by atoms with Crippen molar-refractivity contribution in [2.24, 2.45) is 0 Å². The number of anilines is 1. The van der Waals surface area contributed by atoms with Crippen LogP contribution >= 0.6 is 15.9 Å². The maximum absolute atomic E-state index is 12.9. The molecule has 2 aliphatic rings. The number of hydrogen-bond donors (Lipinski definition) is 0. The highest BCUT2D eigenvalue weighted by Crippen LogP contribution is 2.45. The van der Waals surface area contributed by atoms with E-state index in [-0.39, 0.29) is 29.9 Å². The molecule has 1 aliphatic heterocycles. The Morgan fingerprint density at radius 3 is 2.38 bits per heavy atom. The van der Waals surface area contributed by atoms with Crippen LogP contribution in [0.4, 0.5) is 18.9 Å². The lowest BCUT2D eigenvalue weighted by Crippen LogP contribution is -2.37. The lowest BCUT2D eigenvalue weighted by Gasteiger charge is -2.33. The second-order valence-corrected chi connectivity index (χ2v) is 9.58. The SMILES string of the molecule is FC(F)(F)Oc1ccccc1-c1noc(C2CC2)c1COC1CCN(c2ccc(Br)cc2)CC1. The first kappa shape index (κ1) is 23.2. The van der Waals surface area contributed by atoms with E-state index in [0.29, 0.717) is 11.5 Å². The molecular formula is C25H24BrF3N2O3. The summed E-state index contributed by atoms with van der Waals surface area (Å²) < 4.78 is 56.0. The van der Waals surface area contributed by atoms with Crippen molar-refractivity contribution in [2.45, 2.75) is 50.7 Å². The zero-order valence-corrected chi connectivity index (χ0v) is 19.9. The van der Waals surface area contributed by atoms with E-state index in [9.17, 15) is 13.2 Å². The number of rotatable bonds is 7. The Hall–Kier alpha value is -2.52. The maximum Gasteiger partial charge on any atom is 0.573 e. The largest absolute Gasteiger partial charge is 0.573 e. The van der Waals surface area contributed by atoms with Gasteiger partial charge < -0.3 is 18.9 Å². The van der Waals surface area contributed by atoms with Gasteiger partial charge in [-0.05, 0) is 62.1 Å². The van der Waals surface area contributed by atoms with Crippen LogP contribution in [0.1, 0.15) is 42.9 Å². The molecule has 0 amide bonds. The van der Waals surface area contributed by atoms with Gasteiger partial charge in [-0.1, -0.05) is 33.2 Å². The third-order valence-corrected chi connectivity index (χ3v) is 6.76. The summed E-state index contributed by atoms with van der Waals surface area (Å²) >= 11 is 3.47. The first-order valence-corrected chi connectivity index (χ1v) is 12.1. The minimum atomic E-state index is -4.79. The third-order valence-electron chi connectivity index (χ3n) is 6.23. The molecule has 1 saturated carbocycles. The van der Waals surface area contributed by atoms with Crippen LogP contribution < -0.4 is 9.64 Å². The molecule has 1 aliphatic carbocycles. The van der Waals surface area contributed by atoms with Crippen LogP contribution in [-0.2, 0) is 11.3 Å². The standard InChI is InChI=1S/C25H24BrF3N2O3/c26-17-7-9-18(10-8-17)31-13-11-19(12-14-31)32-15-21-23(30-34-24(21)16-5-6-16)20-3-1-2-4-22(20)33-25(27,28)29/h1-4,7-10,16,19H,5-6,11-15H2. The number of hydrogen-bond acceptors (Lipinski definition) is 5. The molecule has 5 nitrogen and oxygen atoms in total. The predicted molar refractivity (Wildman–Crippen MR) is 125 cm³/mol. The number of para-hydroxylation sites is 1. The van der Waals surface area contributed by atoms with Gasteiger partial charge in [0, 0.05) is 40.3 Å². The molecule has 0 spiro atoms. The van der Waals surface area contributed by atoms with Crippen LogP contribution in [0.25, 0.3) is 11.3 Å². The number of ether oxygens (including phenoxy) is 2. The van der Waals surface area contributed by atoms with Crippen LogP contribution in [-0.4, -0.2) is 30.7 Å². The fourth-order valence-corrected chi connectivity index (χ4v) is 4.61. The highest BCUT2D eigenvalue weighted by Gasteiger charge is 2.36. The molecule has 2 fully saturated rings. The third kappa shape index (κ3) is 5.41. The summed E-state index contributed by atoms with van der Waals surface area (Å²) in [5.41, 5.74) is 2.50. The summed E-state index contributed by atoms with van der Waals surface area (Å²) in [6, 6.07) is 14.3. The fourth-order valence-electron chi connectivity index (χ4n) is 4.35. The number of halogens is 4. The van der Waals surface area contributed by atoms with Gasteiger partial charge in [0.1, 0.15) is 17.2 Å². The van der Waals surface area contributed by atoms with Gasteiger partial charge in [0.05, 0.1) is 12.7 Å². The molecule has 34 heavy (non-hydrogen) atoms. The zero-order chi connectivity index (χ0) is 23.7. The molecule has 9 heteroatoms. The van der Waals surface area contributed by atoms with E-state index in [0.717, 1.165) is 48.8 Å². The molecule has 0 unspecified atom stereocenters. The summed E-state index contributed by atoms with van der Waals surface area (Å²) in [6.45, 7) is 2.00. The van der Waals surface area contributed by atoms with Gasteiger partial charge in [0.2, 0.25) is 0 Å². The van der Waals surface area contributed by atoms with Crippen molar-refractivity contribution in [3.63, 3.8) is 0 Å². The molecule has 0 radical (unpaired) electrons. The minimum absolute atomic E-state index is 0.0585. The molecule has 180 valence electrons. The number of benzene rings is 2. The Balaban J connectivity index is 1.30. The molecule has 1 saturated heterocycles. The first-order chi connectivity index (χ1) is 16.4. The first-order valence-electron chi connectivity index (χ1n) is 11.3. The smallest absolute Gasteiger partial charge is 0.405 e. The van der Waals surface area contributed by atoms with Crippen molar-refractivity contribution in [1.82, 2.24) is 5.16 Å². The predicted octanol–water partition coefficient (Wildman–Crippen LogP) is 7.07. The molecule has 0 bridgehead atoms. The van der Waals surface area contributed by atoms with E-state index in [1.54, 1.807) is 12.1 Å². The number of aromatic nitrogens is 1. The van der Waals surface area contributed by atoms with E-state index in [1.807, 2.05) is 12.1 Å². The zero-order valence-electron chi connectivity index (χ0n) is 18.4. The van der Waals surface area contributed by atoms with Crippen molar-refractivity contribution in [3.05, 3.63) is 64.3 Å². The van der Waals surface area contributed by atoms with E-state index in [4.69, 9.17) is 9.26 Å². The van der Waals surface area contributed by atoms with Crippen molar-refractivity contribution in [3.8, 4) is 17.0 Å². The summed E-state index contributed by atoms with van der Waals surface area (Å²) in [7, 11) is 0. The Morgan fingerprint density at radius 1 is 1.00 bits per heavy atom. The lowest BCUT2D eigenvalue weighted by atomic mass is 10.0. The monoisotopic (exact) mass is 536 g/mol. The summed E-state index contributed by atoms with van der Waals surface area (Å²) in [5, 5.41) is 4.15. The maximum atomic E-state index is 12.9. The Bertz CT molecular complexity index is 1120. The fraction of sp³-hybridized carbons (Fsp3) is 0.400. The second-order valence-electron chi connectivity index (χ2n) is 8.67. The van der Waals surface area contributed by atoms with Gasteiger partial charge in [0.15, 0.2) is 0 Å². The van der Waals surface area contributed by atoms with Crippen LogP contribution in [0.15, 0.2) is 57.5 Å². The molecular weight excluding hydrogens is 513 g/mol. The van der Waals surface area contributed by atoms with Crippen LogP contribution in [0.3, 0.4) is 0 Å².